The fourth-order valence-corrected chi connectivity index (χ4v) is 5.06. The van der Waals surface area contributed by atoms with Crippen molar-refractivity contribution >= 4 is 27.5 Å². The van der Waals surface area contributed by atoms with Gasteiger partial charge in [-0.15, -0.1) is 11.3 Å². The smallest absolute Gasteiger partial charge is 0.410 e. The maximum atomic E-state index is 12.7. The molecular formula is C20H27N3O4S2. The molecule has 1 N–H and O–H groups in total. The predicted octanol–water partition coefficient (Wildman–Crippen LogP) is 3.28. The molecule has 7 nitrogen and oxygen atoms in total. The lowest BCUT2D eigenvalue weighted by Gasteiger charge is -2.30. The van der Waals surface area contributed by atoms with Gasteiger partial charge < -0.3 is 9.64 Å². The van der Waals surface area contributed by atoms with E-state index in [1.54, 1.807) is 4.90 Å². The van der Waals surface area contributed by atoms with E-state index in [-0.39, 0.29) is 12.1 Å². The normalized spacial score (nSPS) is 20.1. The lowest BCUT2D eigenvalue weighted by Crippen LogP contribution is -2.48. The van der Waals surface area contributed by atoms with Crippen LogP contribution in [0, 0.1) is 0 Å². The molecule has 1 aliphatic rings. The molecule has 2 atom stereocenters. The summed E-state index contributed by atoms with van der Waals surface area (Å²) in [5, 5.41) is 2.86. The lowest BCUT2D eigenvalue weighted by atomic mass is 10.1. The molecule has 9 heteroatoms. The molecule has 1 aromatic heterocycles. The Bertz CT molecular complexity index is 952. The molecule has 3 rings (SSSR count). The monoisotopic (exact) mass is 437 g/mol. The van der Waals surface area contributed by atoms with Crippen molar-refractivity contribution in [2.24, 2.45) is 0 Å². The largest absolute Gasteiger partial charge is 0.444 e. The predicted molar refractivity (Wildman–Crippen MR) is 114 cm³/mol. The SMILES string of the molecule is CC(C)(C)OC(=O)N1CCC(NS(C)(=O)=O)C1Cc1csc(-c2ccccc2)n1. The third-order valence-corrected chi connectivity index (χ3v) is 6.20. The second kappa shape index (κ2) is 8.41. The third kappa shape index (κ3) is 6.01. The van der Waals surface area contributed by atoms with E-state index in [0.29, 0.717) is 19.4 Å². The fraction of sp³-hybridized carbons (Fsp3) is 0.500. The molecule has 1 aromatic carbocycles. The number of carbonyl (C=O) groups excluding carboxylic acids is 1. The molecular weight excluding hydrogens is 410 g/mol. The van der Waals surface area contributed by atoms with E-state index in [2.05, 4.69) is 4.72 Å². The summed E-state index contributed by atoms with van der Waals surface area (Å²) < 4.78 is 31.8. The van der Waals surface area contributed by atoms with Crippen molar-refractivity contribution in [3.05, 3.63) is 41.4 Å². The molecule has 1 fully saturated rings. The first-order valence-corrected chi connectivity index (χ1v) is 12.3. The van der Waals surface area contributed by atoms with Gasteiger partial charge in [0.1, 0.15) is 10.6 Å². The van der Waals surface area contributed by atoms with Crippen LogP contribution in [0.1, 0.15) is 32.9 Å². The standard InChI is InChI=1S/C20H27N3O4S2/c1-20(2,3)27-19(24)23-11-10-16(22-29(4,25)26)17(23)12-15-13-28-18(21-15)14-8-6-5-7-9-14/h5-9,13,16-17,22H,10-12H2,1-4H3. The molecule has 0 saturated carbocycles. The van der Waals surface area contributed by atoms with E-state index in [1.165, 1.54) is 11.3 Å². The van der Waals surface area contributed by atoms with Gasteiger partial charge in [0.05, 0.1) is 18.0 Å². The van der Waals surface area contributed by atoms with Crippen LogP contribution in [0.4, 0.5) is 4.79 Å². The van der Waals surface area contributed by atoms with Gasteiger partial charge in [0.2, 0.25) is 10.0 Å². The Morgan fingerprint density at radius 3 is 2.62 bits per heavy atom. The van der Waals surface area contributed by atoms with Crippen molar-refractivity contribution < 1.29 is 17.9 Å². The Labute approximate surface area is 176 Å². The van der Waals surface area contributed by atoms with Gasteiger partial charge in [0.15, 0.2) is 0 Å². The highest BCUT2D eigenvalue weighted by Gasteiger charge is 2.40. The summed E-state index contributed by atoms with van der Waals surface area (Å²) >= 11 is 1.54. The molecule has 2 aromatic rings. The molecule has 2 unspecified atom stereocenters. The van der Waals surface area contributed by atoms with Crippen LogP contribution < -0.4 is 4.72 Å². The van der Waals surface area contributed by atoms with Crippen molar-refractivity contribution in [3.8, 4) is 10.6 Å². The first-order valence-electron chi connectivity index (χ1n) is 9.48. The van der Waals surface area contributed by atoms with Gasteiger partial charge in [-0.1, -0.05) is 30.3 Å². The zero-order chi connectivity index (χ0) is 21.2. The van der Waals surface area contributed by atoms with Gasteiger partial charge >= 0.3 is 6.09 Å². The molecule has 0 aliphatic carbocycles. The number of aromatic nitrogens is 1. The van der Waals surface area contributed by atoms with Crippen LogP contribution in [0.25, 0.3) is 10.6 Å². The number of carbonyl (C=O) groups is 1. The lowest BCUT2D eigenvalue weighted by molar-refractivity contribution is 0.0218. The maximum absolute atomic E-state index is 12.7. The molecule has 29 heavy (non-hydrogen) atoms. The average Bonchev–Trinajstić information content (AvgIpc) is 3.21. The van der Waals surface area contributed by atoms with Crippen LogP contribution in [0.15, 0.2) is 35.7 Å². The van der Waals surface area contributed by atoms with Crippen molar-refractivity contribution in [1.82, 2.24) is 14.6 Å². The molecule has 1 saturated heterocycles. The van der Waals surface area contributed by atoms with Crippen LogP contribution in [0.3, 0.4) is 0 Å². The van der Waals surface area contributed by atoms with E-state index < -0.39 is 21.7 Å². The molecule has 1 amide bonds. The van der Waals surface area contributed by atoms with Crippen LogP contribution >= 0.6 is 11.3 Å². The number of hydrogen-bond acceptors (Lipinski definition) is 6. The number of ether oxygens (including phenoxy) is 1. The number of sulfonamides is 1. The van der Waals surface area contributed by atoms with Gasteiger partial charge in [-0.3, -0.25) is 0 Å². The third-order valence-electron chi connectivity index (χ3n) is 4.53. The molecule has 0 radical (unpaired) electrons. The van der Waals surface area contributed by atoms with Crippen LogP contribution in [-0.2, 0) is 21.2 Å². The first kappa shape index (κ1) is 21.7. The fourth-order valence-electron chi connectivity index (χ4n) is 3.39. The quantitative estimate of drug-likeness (QED) is 0.775. The van der Waals surface area contributed by atoms with Crippen LogP contribution in [0.5, 0.6) is 0 Å². The van der Waals surface area contributed by atoms with Gasteiger partial charge in [0.25, 0.3) is 0 Å². The number of hydrogen-bond donors (Lipinski definition) is 1. The first-order chi connectivity index (χ1) is 13.5. The van der Waals surface area contributed by atoms with E-state index >= 15 is 0 Å². The molecule has 158 valence electrons. The molecule has 0 spiro atoms. The van der Waals surface area contributed by atoms with E-state index in [9.17, 15) is 13.2 Å². The topological polar surface area (TPSA) is 88.6 Å². The number of nitrogens with one attached hydrogen (secondary N) is 1. The molecule has 0 bridgehead atoms. The summed E-state index contributed by atoms with van der Waals surface area (Å²) in [5.74, 6) is 0. The summed E-state index contributed by atoms with van der Waals surface area (Å²) in [6.07, 6.45) is 1.69. The van der Waals surface area contributed by atoms with Gasteiger partial charge in [-0.2, -0.15) is 0 Å². The van der Waals surface area contributed by atoms with Gasteiger partial charge in [-0.25, -0.2) is 22.9 Å². The highest BCUT2D eigenvalue weighted by Crippen LogP contribution is 2.28. The summed E-state index contributed by atoms with van der Waals surface area (Å²) in [7, 11) is -3.40. The number of rotatable bonds is 5. The van der Waals surface area contributed by atoms with Crippen molar-refractivity contribution in [3.63, 3.8) is 0 Å². The summed E-state index contributed by atoms with van der Waals surface area (Å²) in [6.45, 7) is 5.88. The number of nitrogens with zero attached hydrogens (tertiary/aromatic N) is 2. The Morgan fingerprint density at radius 2 is 2.00 bits per heavy atom. The Morgan fingerprint density at radius 1 is 1.31 bits per heavy atom. The summed E-state index contributed by atoms with van der Waals surface area (Å²) in [6, 6.07) is 9.15. The highest BCUT2D eigenvalue weighted by molar-refractivity contribution is 7.88. The Kier molecular flexibility index (Phi) is 6.30. The minimum atomic E-state index is -3.40. The number of benzene rings is 1. The Hall–Kier alpha value is -1.97. The van der Waals surface area contributed by atoms with Crippen LogP contribution in [-0.4, -0.2) is 54.9 Å². The zero-order valence-electron chi connectivity index (χ0n) is 17.1. The van der Waals surface area contributed by atoms with Gasteiger partial charge in [-0.05, 0) is 27.2 Å². The highest BCUT2D eigenvalue weighted by atomic mass is 32.2. The maximum Gasteiger partial charge on any atom is 0.410 e. The van der Waals surface area contributed by atoms with Crippen molar-refractivity contribution in [2.75, 3.05) is 12.8 Å². The minimum absolute atomic E-state index is 0.356. The summed E-state index contributed by atoms with van der Waals surface area (Å²) in [5.41, 5.74) is 1.24. The van der Waals surface area contributed by atoms with Gasteiger partial charge in [0, 0.05) is 30.0 Å². The molecule has 2 heterocycles. The van der Waals surface area contributed by atoms with Crippen molar-refractivity contribution in [2.45, 2.75) is 51.3 Å². The number of likely N-dealkylation sites (tertiary alicyclic amines) is 1. The van der Waals surface area contributed by atoms with Crippen molar-refractivity contribution in [1.29, 1.82) is 0 Å². The second-order valence-corrected chi connectivity index (χ2v) is 10.9. The Balaban J connectivity index is 1.82. The zero-order valence-corrected chi connectivity index (χ0v) is 18.7. The summed E-state index contributed by atoms with van der Waals surface area (Å²) in [4.78, 5) is 19.0. The second-order valence-electron chi connectivity index (χ2n) is 8.24. The minimum Gasteiger partial charge on any atom is -0.444 e. The van der Waals surface area contributed by atoms with E-state index in [4.69, 9.17) is 9.72 Å². The number of thiazole rings is 1. The van der Waals surface area contributed by atoms with E-state index in [1.807, 2.05) is 56.5 Å². The molecule has 1 aliphatic heterocycles. The average molecular weight is 438 g/mol. The van der Waals surface area contributed by atoms with Crippen LogP contribution in [0.2, 0.25) is 0 Å². The number of amides is 1. The van der Waals surface area contributed by atoms with E-state index in [0.717, 1.165) is 22.5 Å².